The first kappa shape index (κ1) is 17.7. The highest BCUT2D eigenvalue weighted by atomic mass is 19.1. The molecule has 0 saturated carbocycles. The number of halogens is 1. The van der Waals surface area contributed by atoms with Gasteiger partial charge in [0.25, 0.3) is 0 Å². The van der Waals surface area contributed by atoms with Crippen molar-refractivity contribution in [3.05, 3.63) is 59.9 Å². The molecule has 4 rings (SSSR count). The minimum absolute atomic E-state index is 0.120. The minimum atomic E-state index is -0.471. The van der Waals surface area contributed by atoms with Crippen LogP contribution < -0.4 is 10.1 Å². The third-order valence-corrected chi connectivity index (χ3v) is 5.24. The molecule has 1 saturated heterocycles. The average Bonchev–Trinajstić information content (AvgIpc) is 2.64. The van der Waals surface area contributed by atoms with E-state index in [0.717, 1.165) is 0 Å². The van der Waals surface area contributed by atoms with Crippen LogP contribution in [-0.4, -0.2) is 41.8 Å². The van der Waals surface area contributed by atoms with Crippen LogP contribution in [0.5, 0.6) is 5.75 Å². The predicted octanol–water partition coefficient (Wildman–Crippen LogP) is 3.26. The minimum Gasteiger partial charge on any atom is -0.486 e. The second-order valence-electron chi connectivity index (χ2n) is 7.22. The molecule has 5 nitrogen and oxygen atoms in total. The highest BCUT2D eigenvalue weighted by molar-refractivity contribution is 6.00. The Labute approximate surface area is 157 Å². The molecule has 1 fully saturated rings. The van der Waals surface area contributed by atoms with Crippen molar-refractivity contribution < 1.29 is 18.7 Å². The molecule has 2 aromatic rings. The lowest BCUT2D eigenvalue weighted by Crippen LogP contribution is -2.52. The second kappa shape index (κ2) is 7.12. The molecule has 1 N–H and O–H groups in total. The Bertz CT molecular complexity index is 875. The number of fused-ring (bicyclic) bond motifs is 1. The van der Waals surface area contributed by atoms with Gasteiger partial charge in [0.05, 0.1) is 18.5 Å². The van der Waals surface area contributed by atoms with Gasteiger partial charge in [-0.1, -0.05) is 18.2 Å². The largest absolute Gasteiger partial charge is 0.486 e. The van der Waals surface area contributed by atoms with Gasteiger partial charge in [-0.05, 0) is 30.3 Å². The quantitative estimate of drug-likeness (QED) is 0.903. The Hall–Kier alpha value is -2.73. The topological polar surface area (TPSA) is 58.6 Å². The Morgan fingerprint density at radius 1 is 1.15 bits per heavy atom. The number of likely N-dealkylation sites (tertiary alicyclic amines) is 1. The molecule has 0 unspecified atom stereocenters. The maximum absolute atomic E-state index is 13.2. The third kappa shape index (κ3) is 3.85. The lowest BCUT2D eigenvalue weighted by Gasteiger charge is -2.43. The van der Waals surface area contributed by atoms with E-state index in [9.17, 15) is 14.0 Å². The molecule has 27 heavy (non-hydrogen) atoms. The van der Waals surface area contributed by atoms with E-state index in [4.69, 9.17) is 4.74 Å². The zero-order valence-electron chi connectivity index (χ0n) is 14.9. The SMILES string of the molecule is O=C(CN1CCC2(CC1)CC(=O)c1ccccc1O2)Nc1cccc(F)c1. The lowest BCUT2D eigenvalue weighted by atomic mass is 9.82. The van der Waals surface area contributed by atoms with Crippen LogP contribution in [0.4, 0.5) is 10.1 Å². The fourth-order valence-electron chi connectivity index (χ4n) is 3.81. The molecule has 0 atom stereocenters. The Morgan fingerprint density at radius 2 is 1.93 bits per heavy atom. The van der Waals surface area contributed by atoms with Gasteiger partial charge in [0.15, 0.2) is 5.78 Å². The van der Waals surface area contributed by atoms with Crippen molar-refractivity contribution in [2.45, 2.75) is 24.9 Å². The number of ether oxygens (including phenoxy) is 1. The van der Waals surface area contributed by atoms with Crippen LogP contribution in [0.25, 0.3) is 0 Å². The zero-order chi connectivity index (χ0) is 18.9. The van der Waals surface area contributed by atoms with E-state index in [-0.39, 0.29) is 24.1 Å². The van der Waals surface area contributed by atoms with Crippen LogP contribution in [0.1, 0.15) is 29.6 Å². The zero-order valence-corrected chi connectivity index (χ0v) is 14.9. The fraction of sp³-hybridized carbons (Fsp3) is 0.333. The smallest absolute Gasteiger partial charge is 0.238 e. The summed E-state index contributed by atoms with van der Waals surface area (Å²) in [7, 11) is 0. The molecule has 2 aromatic carbocycles. The Balaban J connectivity index is 1.34. The number of para-hydroxylation sites is 1. The summed E-state index contributed by atoms with van der Waals surface area (Å²) in [5, 5.41) is 2.72. The van der Waals surface area contributed by atoms with Crippen molar-refractivity contribution in [3.63, 3.8) is 0 Å². The van der Waals surface area contributed by atoms with Crippen molar-refractivity contribution in [3.8, 4) is 5.75 Å². The van der Waals surface area contributed by atoms with E-state index in [0.29, 0.717) is 49.4 Å². The van der Waals surface area contributed by atoms with Crippen molar-refractivity contribution in [2.24, 2.45) is 0 Å². The average molecular weight is 368 g/mol. The molecule has 0 bridgehead atoms. The highest BCUT2D eigenvalue weighted by Crippen LogP contribution is 2.39. The molecular formula is C21H21FN2O3. The van der Waals surface area contributed by atoms with Crippen molar-refractivity contribution >= 4 is 17.4 Å². The molecule has 0 radical (unpaired) electrons. The van der Waals surface area contributed by atoms with Crippen molar-refractivity contribution in [1.82, 2.24) is 4.90 Å². The number of piperidine rings is 1. The third-order valence-electron chi connectivity index (χ3n) is 5.24. The van der Waals surface area contributed by atoms with E-state index < -0.39 is 5.60 Å². The maximum Gasteiger partial charge on any atom is 0.238 e. The number of hydrogen-bond acceptors (Lipinski definition) is 4. The van der Waals surface area contributed by atoms with Crippen LogP contribution in [0.2, 0.25) is 0 Å². The number of ketones is 1. The van der Waals surface area contributed by atoms with Crippen LogP contribution in [0.3, 0.4) is 0 Å². The van der Waals surface area contributed by atoms with E-state index in [1.165, 1.54) is 12.1 Å². The normalized spacial score (nSPS) is 18.6. The van der Waals surface area contributed by atoms with Gasteiger partial charge in [0.2, 0.25) is 5.91 Å². The van der Waals surface area contributed by atoms with Crippen molar-refractivity contribution in [1.29, 1.82) is 0 Å². The van der Waals surface area contributed by atoms with Gasteiger partial charge in [-0.15, -0.1) is 0 Å². The van der Waals surface area contributed by atoms with Gasteiger partial charge in [-0.2, -0.15) is 0 Å². The first-order valence-corrected chi connectivity index (χ1v) is 9.12. The van der Waals surface area contributed by atoms with Crippen LogP contribution >= 0.6 is 0 Å². The molecule has 0 aliphatic carbocycles. The van der Waals surface area contributed by atoms with Gasteiger partial charge >= 0.3 is 0 Å². The summed E-state index contributed by atoms with van der Waals surface area (Å²) < 4.78 is 19.4. The van der Waals surface area contributed by atoms with E-state index >= 15 is 0 Å². The van der Waals surface area contributed by atoms with E-state index in [1.807, 2.05) is 23.1 Å². The summed E-state index contributed by atoms with van der Waals surface area (Å²) in [6.45, 7) is 1.58. The van der Waals surface area contributed by atoms with E-state index in [2.05, 4.69) is 5.32 Å². The van der Waals surface area contributed by atoms with Crippen LogP contribution in [-0.2, 0) is 4.79 Å². The Kier molecular flexibility index (Phi) is 4.66. The first-order valence-electron chi connectivity index (χ1n) is 9.12. The summed E-state index contributed by atoms with van der Waals surface area (Å²) in [5.41, 5.74) is 0.632. The summed E-state index contributed by atoms with van der Waals surface area (Å²) in [6.07, 6.45) is 1.77. The predicted molar refractivity (Wildman–Crippen MR) is 99.5 cm³/mol. The summed E-state index contributed by atoms with van der Waals surface area (Å²) in [6, 6.07) is 13.2. The van der Waals surface area contributed by atoms with Crippen LogP contribution in [0.15, 0.2) is 48.5 Å². The van der Waals surface area contributed by atoms with Gasteiger partial charge < -0.3 is 10.1 Å². The van der Waals surface area contributed by atoms with Crippen molar-refractivity contribution in [2.75, 3.05) is 25.0 Å². The summed E-state index contributed by atoms with van der Waals surface area (Å²) in [4.78, 5) is 26.7. The van der Waals surface area contributed by atoms with Gasteiger partial charge in [-0.25, -0.2) is 4.39 Å². The van der Waals surface area contributed by atoms with Gasteiger partial charge in [0, 0.05) is 31.6 Å². The monoisotopic (exact) mass is 368 g/mol. The van der Waals surface area contributed by atoms with E-state index in [1.54, 1.807) is 18.2 Å². The maximum atomic E-state index is 13.2. The summed E-state index contributed by atoms with van der Waals surface area (Å²) >= 11 is 0. The molecule has 140 valence electrons. The molecule has 2 aliphatic heterocycles. The summed E-state index contributed by atoms with van der Waals surface area (Å²) in [5.74, 6) is 0.217. The molecule has 0 aromatic heterocycles. The number of Topliss-reactive ketones (excluding diaryl/α,β-unsaturated/α-hetero) is 1. The molecule has 1 spiro atoms. The molecule has 2 aliphatic rings. The second-order valence-corrected chi connectivity index (χ2v) is 7.22. The van der Waals surface area contributed by atoms with Gasteiger partial charge in [0.1, 0.15) is 17.2 Å². The number of carbonyl (C=O) groups is 2. The highest BCUT2D eigenvalue weighted by Gasteiger charge is 2.42. The standard InChI is InChI=1S/C21H21FN2O3/c22-15-4-3-5-16(12-15)23-20(26)14-24-10-8-21(9-11-24)13-18(25)17-6-1-2-7-19(17)27-21/h1-7,12H,8-11,13-14H2,(H,23,26). The number of nitrogens with one attached hydrogen (secondary N) is 1. The number of anilines is 1. The number of amides is 1. The lowest BCUT2D eigenvalue weighted by molar-refractivity contribution is -0.118. The number of nitrogens with zero attached hydrogens (tertiary/aromatic N) is 1. The molecular weight excluding hydrogens is 347 g/mol. The number of hydrogen-bond donors (Lipinski definition) is 1. The van der Waals surface area contributed by atoms with Gasteiger partial charge in [-0.3, -0.25) is 14.5 Å². The Morgan fingerprint density at radius 3 is 2.70 bits per heavy atom. The molecule has 2 heterocycles. The number of rotatable bonds is 3. The van der Waals surface area contributed by atoms with Crippen LogP contribution in [0, 0.1) is 5.82 Å². The fourth-order valence-corrected chi connectivity index (χ4v) is 3.81. The number of benzene rings is 2. The molecule has 1 amide bonds. The first-order chi connectivity index (χ1) is 13.0. The molecule has 6 heteroatoms. The number of carbonyl (C=O) groups excluding carboxylic acids is 2.